The molecule has 0 radical (unpaired) electrons. The lowest BCUT2D eigenvalue weighted by Crippen LogP contribution is -2.47. The van der Waals surface area contributed by atoms with E-state index in [4.69, 9.17) is 18.0 Å². The van der Waals surface area contributed by atoms with Gasteiger partial charge >= 0.3 is 0 Å². The van der Waals surface area contributed by atoms with Crippen molar-refractivity contribution in [3.05, 3.63) is 0 Å². The molecule has 1 saturated carbocycles. The molecule has 2 unspecified atom stereocenters. The van der Waals surface area contributed by atoms with E-state index in [1.807, 2.05) is 0 Å². The molecule has 1 fully saturated rings. The number of nitrogens with one attached hydrogen (secondary N) is 1. The van der Waals surface area contributed by atoms with Gasteiger partial charge in [-0.05, 0) is 25.2 Å². The van der Waals surface area contributed by atoms with E-state index < -0.39 is 15.3 Å². The minimum absolute atomic E-state index is 0.00528. The van der Waals surface area contributed by atoms with E-state index in [2.05, 4.69) is 18.6 Å². The third-order valence-electron chi connectivity index (χ3n) is 3.43. The monoisotopic (exact) mass is 264 g/mol. The first-order chi connectivity index (χ1) is 7.17. The van der Waals surface area contributed by atoms with Gasteiger partial charge in [-0.15, -0.1) is 0 Å². The van der Waals surface area contributed by atoms with Crippen LogP contribution in [0.25, 0.3) is 0 Å². The average Bonchev–Trinajstić information content (AvgIpc) is 2.44. The molecule has 0 aromatic carbocycles. The van der Waals surface area contributed by atoms with Crippen LogP contribution in [-0.2, 0) is 10.0 Å². The zero-order valence-corrected chi connectivity index (χ0v) is 11.6. The molecule has 16 heavy (non-hydrogen) atoms. The predicted molar refractivity (Wildman–Crippen MR) is 69.7 cm³/mol. The highest BCUT2D eigenvalue weighted by molar-refractivity contribution is 7.93. The average molecular weight is 264 g/mol. The molecule has 6 heteroatoms. The fraction of sp³-hybridized carbons (Fsp3) is 0.900. The molecule has 1 aliphatic rings. The Bertz CT molecular complexity index is 376. The van der Waals surface area contributed by atoms with Crippen molar-refractivity contribution in [1.29, 1.82) is 0 Å². The molecule has 0 amide bonds. The molecular weight excluding hydrogens is 244 g/mol. The van der Waals surface area contributed by atoms with Crippen LogP contribution in [0.3, 0.4) is 0 Å². The minimum Gasteiger partial charge on any atom is -0.392 e. The number of hydrogen-bond donors (Lipinski definition) is 2. The standard InChI is InChI=1S/C10H20N2O2S2/c1-7(9(11)15)16(13,14)12-8-5-4-6-10(8,2)3/h7-8,12H,4-6H2,1-3H3,(H2,11,15). The second-order valence-electron chi connectivity index (χ2n) is 5.14. The quantitative estimate of drug-likeness (QED) is 0.747. The van der Waals surface area contributed by atoms with E-state index >= 15 is 0 Å². The summed E-state index contributed by atoms with van der Waals surface area (Å²) in [5, 5.41) is -0.807. The highest BCUT2D eigenvalue weighted by Gasteiger charge is 2.38. The minimum atomic E-state index is -3.43. The van der Waals surface area contributed by atoms with Crippen LogP contribution in [0.2, 0.25) is 0 Å². The van der Waals surface area contributed by atoms with Crippen molar-refractivity contribution in [3.63, 3.8) is 0 Å². The number of rotatable bonds is 4. The lowest BCUT2D eigenvalue weighted by molar-refractivity contribution is 0.312. The number of hydrogen-bond acceptors (Lipinski definition) is 3. The molecule has 94 valence electrons. The normalized spacial score (nSPS) is 26.6. The topological polar surface area (TPSA) is 72.2 Å². The molecule has 1 rings (SSSR count). The second kappa shape index (κ2) is 4.58. The van der Waals surface area contributed by atoms with Gasteiger partial charge in [0.25, 0.3) is 0 Å². The molecule has 3 N–H and O–H groups in total. The smallest absolute Gasteiger partial charge is 0.221 e. The van der Waals surface area contributed by atoms with E-state index in [0.717, 1.165) is 19.3 Å². The van der Waals surface area contributed by atoms with Crippen molar-refractivity contribution in [1.82, 2.24) is 4.72 Å². The molecule has 4 nitrogen and oxygen atoms in total. The van der Waals surface area contributed by atoms with Crippen LogP contribution < -0.4 is 10.5 Å². The van der Waals surface area contributed by atoms with Crippen molar-refractivity contribution in [2.75, 3.05) is 0 Å². The Morgan fingerprint density at radius 3 is 2.50 bits per heavy atom. The van der Waals surface area contributed by atoms with E-state index in [1.54, 1.807) is 0 Å². The molecule has 0 aromatic heterocycles. The van der Waals surface area contributed by atoms with Crippen LogP contribution in [0.1, 0.15) is 40.0 Å². The van der Waals surface area contributed by atoms with Crippen LogP contribution in [0.4, 0.5) is 0 Å². The van der Waals surface area contributed by atoms with Gasteiger partial charge in [0.05, 0.1) is 4.99 Å². The Balaban J connectivity index is 2.78. The lowest BCUT2D eigenvalue weighted by atomic mass is 9.88. The molecule has 0 heterocycles. The van der Waals surface area contributed by atoms with Gasteiger partial charge in [-0.25, -0.2) is 13.1 Å². The second-order valence-corrected chi connectivity index (χ2v) is 7.65. The van der Waals surface area contributed by atoms with Crippen molar-refractivity contribution < 1.29 is 8.42 Å². The van der Waals surface area contributed by atoms with E-state index in [1.165, 1.54) is 6.92 Å². The predicted octanol–water partition coefficient (Wildman–Crippen LogP) is 1.16. The van der Waals surface area contributed by atoms with E-state index in [-0.39, 0.29) is 16.4 Å². The fourth-order valence-corrected chi connectivity index (χ4v) is 3.72. The SMILES string of the molecule is CC(C(N)=S)S(=O)(=O)NC1CCCC1(C)C. The van der Waals surface area contributed by atoms with Crippen LogP contribution in [-0.4, -0.2) is 24.7 Å². The van der Waals surface area contributed by atoms with Gasteiger partial charge < -0.3 is 5.73 Å². The highest BCUT2D eigenvalue weighted by atomic mass is 32.2. The van der Waals surface area contributed by atoms with Gasteiger partial charge in [0.15, 0.2) is 0 Å². The Kier molecular flexibility index (Phi) is 3.97. The summed E-state index contributed by atoms with van der Waals surface area (Å²) in [4.78, 5) is 0.0169. The summed E-state index contributed by atoms with van der Waals surface area (Å²) in [5.74, 6) is 0. The first kappa shape index (κ1) is 13.9. The molecule has 1 aliphatic carbocycles. The lowest BCUT2D eigenvalue weighted by Gasteiger charge is -2.28. The fourth-order valence-electron chi connectivity index (χ4n) is 2.00. The van der Waals surface area contributed by atoms with Crippen LogP contribution >= 0.6 is 12.2 Å². The largest absolute Gasteiger partial charge is 0.392 e. The Hall–Kier alpha value is -0.200. The third-order valence-corrected chi connectivity index (χ3v) is 5.73. The maximum absolute atomic E-state index is 11.9. The van der Waals surface area contributed by atoms with Gasteiger partial charge in [-0.1, -0.05) is 32.5 Å². The summed E-state index contributed by atoms with van der Waals surface area (Å²) >= 11 is 4.72. The number of sulfonamides is 1. The summed E-state index contributed by atoms with van der Waals surface area (Å²) in [6.45, 7) is 5.68. The van der Waals surface area contributed by atoms with Crippen molar-refractivity contribution in [3.8, 4) is 0 Å². The summed E-state index contributed by atoms with van der Waals surface area (Å²) < 4.78 is 26.6. The molecule has 0 bridgehead atoms. The molecule has 2 atom stereocenters. The van der Waals surface area contributed by atoms with Crippen molar-refractivity contribution in [2.24, 2.45) is 11.1 Å². The van der Waals surface area contributed by atoms with Gasteiger partial charge in [0.2, 0.25) is 10.0 Å². The molecule has 0 saturated heterocycles. The number of nitrogens with two attached hydrogens (primary N) is 1. The molecule has 0 aliphatic heterocycles. The van der Waals surface area contributed by atoms with Crippen molar-refractivity contribution in [2.45, 2.75) is 51.3 Å². The van der Waals surface area contributed by atoms with Gasteiger partial charge in [-0.2, -0.15) is 0 Å². The zero-order chi connectivity index (χ0) is 12.6. The molecule has 0 aromatic rings. The Morgan fingerprint density at radius 2 is 2.12 bits per heavy atom. The first-order valence-electron chi connectivity index (χ1n) is 5.47. The van der Waals surface area contributed by atoms with Gasteiger partial charge in [0, 0.05) is 6.04 Å². The highest BCUT2D eigenvalue weighted by Crippen LogP contribution is 2.37. The van der Waals surface area contributed by atoms with E-state index in [9.17, 15) is 8.42 Å². The van der Waals surface area contributed by atoms with E-state index in [0.29, 0.717) is 0 Å². The van der Waals surface area contributed by atoms with Crippen LogP contribution in [0.15, 0.2) is 0 Å². The third kappa shape index (κ3) is 2.93. The van der Waals surface area contributed by atoms with Gasteiger partial charge in [0.1, 0.15) is 5.25 Å². The summed E-state index contributed by atoms with van der Waals surface area (Å²) in [5.41, 5.74) is 5.39. The van der Waals surface area contributed by atoms with Crippen molar-refractivity contribution >= 4 is 27.2 Å². The summed E-state index contributed by atoms with van der Waals surface area (Å²) in [7, 11) is -3.43. The summed E-state index contributed by atoms with van der Waals surface area (Å²) in [6.07, 6.45) is 2.99. The van der Waals surface area contributed by atoms with Gasteiger partial charge in [-0.3, -0.25) is 0 Å². The maximum Gasteiger partial charge on any atom is 0.221 e. The Labute approximate surface area is 103 Å². The Morgan fingerprint density at radius 1 is 1.56 bits per heavy atom. The number of thiocarbonyl (C=S) groups is 1. The first-order valence-corrected chi connectivity index (χ1v) is 7.43. The van der Waals surface area contributed by atoms with Crippen LogP contribution in [0, 0.1) is 5.41 Å². The van der Waals surface area contributed by atoms with Crippen LogP contribution in [0.5, 0.6) is 0 Å². The summed E-state index contributed by atoms with van der Waals surface area (Å²) in [6, 6.07) is -0.00528. The molecule has 0 spiro atoms. The molecular formula is C10H20N2O2S2. The zero-order valence-electron chi connectivity index (χ0n) is 9.99. The maximum atomic E-state index is 11.9.